The average Bonchev–Trinajstić information content (AvgIpc) is 2.42. The first-order chi connectivity index (χ1) is 12.1. The molecule has 0 aromatic carbocycles. The molecule has 1 fully saturated rings. The van der Waals surface area contributed by atoms with E-state index in [1.54, 1.807) is 19.6 Å². The van der Waals surface area contributed by atoms with E-state index >= 15 is 0 Å². The molecule has 0 spiro atoms. The van der Waals surface area contributed by atoms with Gasteiger partial charge in [-0.25, -0.2) is 0 Å². The molecule has 0 amide bonds. The summed E-state index contributed by atoms with van der Waals surface area (Å²) in [5.74, 6) is -1.83. The third-order valence-electron chi connectivity index (χ3n) is 3.67. The molecule has 1 saturated heterocycles. The molecule has 1 heterocycles. The van der Waals surface area contributed by atoms with Crippen LogP contribution in [-0.2, 0) is 24.7 Å². The van der Waals surface area contributed by atoms with Crippen molar-refractivity contribution in [1.82, 2.24) is 0 Å². The Hall–Kier alpha value is 0.821. The van der Waals surface area contributed by atoms with Crippen molar-refractivity contribution in [3.63, 3.8) is 0 Å². The molecule has 5 radical (unpaired) electrons. The number of rotatable bonds is 3. The van der Waals surface area contributed by atoms with Crippen LogP contribution in [-0.4, -0.2) is 72.1 Å². The molecule has 18 heteroatoms. The standard InChI is InChI=1S/C9H31N6O6Si6/c1-22-16-23(2)18-25(4)20-27(6,21-26(5)19-24(3)17-22)9(14,15)7(10)8(11,12)13/h7H,10-15H2,1-6H3. The van der Waals surface area contributed by atoms with E-state index < -0.39 is 72.1 Å². The highest BCUT2D eigenvalue weighted by Crippen LogP contribution is 2.24. The fourth-order valence-electron chi connectivity index (χ4n) is 2.36. The lowest BCUT2D eigenvalue weighted by Gasteiger charge is -2.48. The number of hydrogen-bond acceptors (Lipinski definition) is 12. The third kappa shape index (κ3) is 7.23. The van der Waals surface area contributed by atoms with E-state index in [1.807, 2.05) is 19.6 Å². The van der Waals surface area contributed by atoms with Crippen molar-refractivity contribution in [3.8, 4) is 0 Å². The second kappa shape index (κ2) is 9.75. The zero-order valence-corrected chi connectivity index (χ0v) is 22.5. The minimum absolute atomic E-state index is 1.21. The molecule has 1 atom stereocenters. The van der Waals surface area contributed by atoms with Gasteiger partial charge in [0.15, 0.2) is 0 Å². The Labute approximate surface area is 170 Å². The van der Waals surface area contributed by atoms with Gasteiger partial charge in [-0.05, 0) is 39.3 Å². The second-order valence-corrected chi connectivity index (χ2v) is 19.0. The molecular formula is C9H31N6O6Si6. The first-order valence-corrected chi connectivity index (χ1v) is 19.5. The van der Waals surface area contributed by atoms with Gasteiger partial charge in [0.25, 0.3) is 0 Å². The van der Waals surface area contributed by atoms with Gasteiger partial charge in [-0.15, -0.1) is 0 Å². The predicted molar refractivity (Wildman–Crippen MR) is 111 cm³/mol. The van der Waals surface area contributed by atoms with Crippen LogP contribution in [0.5, 0.6) is 0 Å². The summed E-state index contributed by atoms with van der Waals surface area (Å²) in [6, 6.07) is -1.21. The quantitative estimate of drug-likeness (QED) is 0.171. The second-order valence-electron chi connectivity index (χ2n) is 6.43. The summed E-state index contributed by atoms with van der Waals surface area (Å²) < 4.78 is 35.9. The topological polar surface area (TPSA) is 212 Å². The van der Waals surface area contributed by atoms with Crippen LogP contribution in [0.2, 0.25) is 39.3 Å². The van der Waals surface area contributed by atoms with Crippen molar-refractivity contribution in [3.05, 3.63) is 0 Å². The molecule has 27 heavy (non-hydrogen) atoms. The molecule has 0 saturated carbocycles. The maximum Gasteiger partial charge on any atom is 0.362 e. The Bertz CT molecular complexity index is 469. The number of nitrogens with two attached hydrogens (primary N) is 6. The highest BCUT2D eigenvalue weighted by molar-refractivity contribution is 6.82. The van der Waals surface area contributed by atoms with Gasteiger partial charge >= 0.3 is 55.0 Å². The van der Waals surface area contributed by atoms with Gasteiger partial charge in [0.2, 0.25) is 0 Å². The molecule has 0 aromatic rings. The molecule has 12 nitrogen and oxygen atoms in total. The van der Waals surface area contributed by atoms with E-state index in [9.17, 15) is 0 Å². The van der Waals surface area contributed by atoms with Crippen LogP contribution < -0.4 is 34.4 Å². The van der Waals surface area contributed by atoms with Crippen LogP contribution >= 0.6 is 0 Å². The van der Waals surface area contributed by atoms with E-state index in [0.29, 0.717) is 0 Å². The maximum absolute atomic E-state index is 6.36. The molecule has 157 valence electrons. The first kappa shape index (κ1) is 25.9. The average molecular weight is 488 g/mol. The molecule has 1 aliphatic heterocycles. The molecule has 1 rings (SSSR count). The summed E-state index contributed by atoms with van der Waals surface area (Å²) in [6.45, 7) is 10.9. The van der Waals surface area contributed by atoms with Crippen molar-refractivity contribution in [2.45, 2.75) is 56.4 Å². The summed E-state index contributed by atoms with van der Waals surface area (Å²) in [7, 11) is -11.9. The van der Waals surface area contributed by atoms with Crippen molar-refractivity contribution in [2.24, 2.45) is 34.4 Å². The van der Waals surface area contributed by atoms with Gasteiger partial charge in [-0.2, -0.15) is 0 Å². The molecule has 0 aromatic heterocycles. The van der Waals surface area contributed by atoms with E-state index in [1.165, 1.54) is 0 Å². The van der Waals surface area contributed by atoms with Gasteiger partial charge in [-0.1, -0.05) is 0 Å². The largest absolute Gasteiger partial charge is 0.414 e. The predicted octanol–water partition coefficient (Wildman–Crippen LogP) is -3.23. The van der Waals surface area contributed by atoms with Crippen LogP contribution in [0.15, 0.2) is 0 Å². The molecule has 1 unspecified atom stereocenters. The fraction of sp³-hybridized carbons (Fsp3) is 1.00. The van der Waals surface area contributed by atoms with E-state index in [2.05, 4.69) is 0 Å². The molecule has 12 N–H and O–H groups in total. The Kier molecular flexibility index (Phi) is 9.34. The Morgan fingerprint density at radius 2 is 0.963 bits per heavy atom. The lowest BCUT2D eigenvalue weighted by Crippen LogP contribution is -2.88. The normalized spacial score (nSPS) is 25.8. The van der Waals surface area contributed by atoms with E-state index in [0.717, 1.165) is 0 Å². The fourth-order valence-corrected chi connectivity index (χ4v) is 18.7. The van der Waals surface area contributed by atoms with E-state index in [4.69, 9.17) is 59.1 Å². The van der Waals surface area contributed by atoms with Gasteiger partial charge in [0, 0.05) is 0 Å². The first-order valence-electron chi connectivity index (χ1n) is 8.05. The summed E-state index contributed by atoms with van der Waals surface area (Å²) in [6.07, 6.45) is 0. The Morgan fingerprint density at radius 1 is 0.667 bits per heavy atom. The monoisotopic (exact) mass is 487 g/mol. The van der Waals surface area contributed by atoms with Crippen molar-refractivity contribution in [2.75, 3.05) is 0 Å². The van der Waals surface area contributed by atoms with Crippen LogP contribution in [0.25, 0.3) is 0 Å². The summed E-state index contributed by atoms with van der Waals surface area (Å²) in [5.41, 5.74) is 36.0. The maximum atomic E-state index is 6.36. The lowest BCUT2D eigenvalue weighted by molar-refractivity contribution is 0.215. The highest BCUT2D eigenvalue weighted by Gasteiger charge is 2.59. The molecular weight excluding hydrogens is 457 g/mol. The molecule has 1 aliphatic rings. The van der Waals surface area contributed by atoms with Crippen LogP contribution in [0.1, 0.15) is 0 Å². The van der Waals surface area contributed by atoms with Crippen molar-refractivity contribution in [1.29, 1.82) is 0 Å². The summed E-state index contributed by atoms with van der Waals surface area (Å²) in [5, 5.41) is -1.72. The molecule has 0 aliphatic carbocycles. The summed E-state index contributed by atoms with van der Waals surface area (Å²) >= 11 is 0. The number of hydrogen-bond donors (Lipinski definition) is 6. The minimum Gasteiger partial charge on any atom is -0.414 e. The van der Waals surface area contributed by atoms with Gasteiger partial charge in [0.1, 0.15) is 11.1 Å². The minimum atomic E-state index is -3.45. The lowest BCUT2D eigenvalue weighted by atomic mass is 10.1. The zero-order chi connectivity index (χ0) is 21.2. The smallest absolute Gasteiger partial charge is 0.362 e. The van der Waals surface area contributed by atoms with E-state index in [-0.39, 0.29) is 0 Å². The van der Waals surface area contributed by atoms with Crippen LogP contribution in [0, 0.1) is 0 Å². The SMILES string of the molecule is C[Si]1O[Si](C)O[Si](C)O[Si](C)(C(N)(N)C(N)C(N)(N)N)O[Si](C)O[Si](C)O1. The summed E-state index contributed by atoms with van der Waals surface area (Å²) in [4.78, 5) is 0. The Morgan fingerprint density at radius 3 is 1.26 bits per heavy atom. The third-order valence-corrected chi connectivity index (χ3v) is 20.2. The zero-order valence-electron chi connectivity index (χ0n) is 16.5. The Balaban J connectivity index is 3.20. The van der Waals surface area contributed by atoms with Crippen LogP contribution in [0.3, 0.4) is 0 Å². The highest BCUT2D eigenvalue weighted by atomic mass is 28.5. The molecule has 0 bridgehead atoms. The van der Waals surface area contributed by atoms with Crippen molar-refractivity contribution >= 4 is 55.0 Å². The van der Waals surface area contributed by atoms with Crippen molar-refractivity contribution < 1.29 is 24.7 Å². The van der Waals surface area contributed by atoms with Gasteiger partial charge in [-0.3, -0.25) is 17.2 Å². The van der Waals surface area contributed by atoms with Gasteiger partial charge in [0.05, 0.1) is 6.04 Å². The van der Waals surface area contributed by atoms with Gasteiger partial charge < -0.3 is 41.9 Å². The van der Waals surface area contributed by atoms with Crippen LogP contribution in [0.4, 0.5) is 0 Å².